The van der Waals surface area contributed by atoms with E-state index in [0.717, 1.165) is 32.5 Å². The van der Waals surface area contributed by atoms with E-state index in [2.05, 4.69) is 36.1 Å². The second kappa shape index (κ2) is 13.7. The van der Waals surface area contributed by atoms with E-state index in [-0.39, 0.29) is 6.42 Å². The summed E-state index contributed by atoms with van der Waals surface area (Å²) in [5.74, 6) is 1.38. The van der Waals surface area contributed by atoms with Crippen LogP contribution in [-0.4, -0.2) is 49.8 Å². The number of aliphatic carboxylic acids is 1. The van der Waals surface area contributed by atoms with Crippen LogP contribution in [0, 0.1) is 11.8 Å². The molecule has 152 valence electrons. The standard InChI is InChI=1S/C22H34O3SSe/c1-2-3-4-5-14-25-17-21-20(13-15-26-21)18(11-12-22(23)24)8-6-9-19-10-7-16-27-19/h6-8,10,16,18,20-21H,2-5,9,11-15,17H2,1H3,(H,23,24)/b8-6-/t18-,20-,21?/m0/s1. The van der Waals surface area contributed by atoms with Gasteiger partial charge in [0, 0.05) is 0 Å². The molecule has 0 spiro atoms. The van der Waals surface area contributed by atoms with Crippen molar-refractivity contribution in [1.29, 1.82) is 0 Å². The topological polar surface area (TPSA) is 46.5 Å². The van der Waals surface area contributed by atoms with Crippen LogP contribution < -0.4 is 0 Å². The van der Waals surface area contributed by atoms with Gasteiger partial charge in [-0.05, 0) is 0 Å². The molecule has 0 aromatic carbocycles. The predicted octanol–water partition coefficient (Wildman–Crippen LogP) is 5.04. The Morgan fingerprint density at radius 2 is 2.33 bits per heavy atom. The maximum atomic E-state index is 11.1. The fourth-order valence-corrected chi connectivity index (χ4v) is 6.61. The molecule has 1 fully saturated rings. The molecule has 0 amide bonds. The van der Waals surface area contributed by atoms with Gasteiger partial charge in [0.25, 0.3) is 0 Å². The first-order valence-corrected chi connectivity index (χ1v) is 13.2. The summed E-state index contributed by atoms with van der Waals surface area (Å²) >= 11 is 2.53. The molecular weight excluding hydrogens is 423 g/mol. The molecule has 1 aromatic heterocycles. The van der Waals surface area contributed by atoms with E-state index in [9.17, 15) is 4.79 Å². The van der Waals surface area contributed by atoms with Crippen molar-refractivity contribution in [2.75, 3.05) is 19.0 Å². The second-order valence-electron chi connectivity index (χ2n) is 7.31. The number of hydrogen-bond acceptors (Lipinski definition) is 3. The molecule has 0 bridgehead atoms. The third kappa shape index (κ3) is 9.04. The fourth-order valence-electron chi connectivity index (χ4n) is 3.69. The number of ether oxygens (including phenoxy) is 1. The van der Waals surface area contributed by atoms with Crippen LogP contribution in [0.5, 0.6) is 0 Å². The van der Waals surface area contributed by atoms with Gasteiger partial charge < -0.3 is 0 Å². The van der Waals surface area contributed by atoms with Gasteiger partial charge >= 0.3 is 155 Å². The quantitative estimate of drug-likeness (QED) is 0.242. The van der Waals surface area contributed by atoms with Crippen LogP contribution in [0.1, 0.15) is 56.3 Å². The van der Waals surface area contributed by atoms with E-state index < -0.39 is 5.97 Å². The van der Waals surface area contributed by atoms with Gasteiger partial charge in [0.15, 0.2) is 0 Å². The summed E-state index contributed by atoms with van der Waals surface area (Å²) in [5.41, 5.74) is 0. The van der Waals surface area contributed by atoms with Gasteiger partial charge in [0.05, 0.1) is 0 Å². The molecule has 1 N–H and O–H groups in total. The van der Waals surface area contributed by atoms with E-state index >= 15 is 0 Å². The number of carboxylic acids is 1. The third-order valence-corrected chi connectivity index (χ3v) is 8.48. The Kier molecular flexibility index (Phi) is 11.5. The number of carbonyl (C=O) groups is 1. The monoisotopic (exact) mass is 458 g/mol. The molecular formula is C22H34O3SSe. The first-order chi connectivity index (χ1) is 13.2. The van der Waals surface area contributed by atoms with Gasteiger partial charge in [0.2, 0.25) is 0 Å². The Labute approximate surface area is 174 Å². The molecule has 1 unspecified atom stereocenters. The third-order valence-electron chi connectivity index (χ3n) is 5.21. The van der Waals surface area contributed by atoms with E-state index in [0.29, 0.717) is 31.6 Å². The molecule has 0 aliphatic carbocycles. The normalized spacial score (nSPS) is 21.1. The minimum absolute atomic E-state index is 0.259. The van der Waals surface area contributed by atoms with Gasteiger partial charge in [-0.25, -0.2) is 0 Å². The minimum atomic E-state index is -0.686. The van der Waals surface area contributed by atoms with E-state index in [1.54, 1.807) is 0 Å². The zero-order chi connectivity index (χ0) is 19.3. The Morgan fingerprint density at radius 1 is 1.44 bits per heavy atom. The van der Waals surface area contributed by atoms with Crippen LogP contribution in [0.3, 0.4) is 0 Å². The SMILES string of the molecule is CCCCCCOCC1SCC[C@H]1[C@@H](/C=C\Cc1ccc[se]1)CCC(=O)O. The predicted molar refractivity (Wildman–Crippen MR) is 116 cm³/mol. The van der Waals surface area contributed by atoms with Crippen molar-refractivity contribution < 1.29 is 14.6 Å². The molecule has 1 aliphatic rings. The first-order valence-electron chi connectivity index (χ1n) is 10.3. The van der Waals surface area contributed by atoms with Gasteiger partial charge in [-0.15, -0.1) is 0 Å². The van der Waals surface area contributed by atoms with Gasteiger partial charge in [-0.2, -0.15) is 0 Å². The molecule has 1 aromatic rings. The van der Waals surface area contributed by atoms with Crippen LogP contribution in [-0.2, 0) is 16.0 Å². The number of rotatable bonds is 14. The summed E-state index contributed by atoms with van der Waals surface area (Å²) in [6.45, 7) is 3.91. The van der Waals surface area contributed by atoms with Crippen molar-refractivity contribution in [2.24, 2.45) is 11.8 Å². The molecule has 0 saturated carbocycles. The van der Waals surface area contributed by atoms with Crippen LogP contribution in [0.2, 0.25) is 0 Å². The second-order valence-corrected chi connectivity index (χ2v) is 10.8. The molecule has 1 aliphatic heterocycles. The number of carboxylic acid groups (broad SMARTS) is 1. The maximum absolute atomic E-state index is 11.1. The Bertz CT molecular complexity index is 544. The summed E-state index contributed by atoms with van der Waals surface area (Å²) in [6.07, 6.45) is 12.7. The number of thioether (sulfide) groups is 1. The fraction of sp³-hybridized carbons (Fsp3) is 0.682. The summed E-state index contributed by atoms with van der Waals surface area (Å²) in [7, 11) is 0. The molecule has 0 radical (unpaired) electrons. The van der Waals surface area contributed by atoms with Crippen LogP contribution >= 0.6 is 11.8 Å². The number of hydrogen-bond donors (Lipinski definition) is 1. The first kappa shape index (κ1) is 22.8. The number of unbranched alkanes of at least 4 members (excludes halogenated alkanes) is 3. The van der Waals surface area contributed by atoms with Gasteiger partial charge in [-0.3, -0.25) is 0 Å². The summed E-state index contributed by atoms with van der Waals surface area (Å²) < 4.78 is 7.48. The Hall–Kier alpha value is -0.481. The molecule has 3 atom stereocenters. The van der Waals surface area contributed by atoms with Crippen molar-refractivity contribution in [3.8, 4) is 0 Å². The zero-order valence-corrected chi connectivity index (χ0v) is 19.0. The summed E-state index contributed by atoms with van der Waals surface area (Å²) in [6, 6.07) is 4.36. The molecule has 2 heterocycles. The Morgan fingerprint density at radius 3 is 3.07 bits per heavy atom. The average molecular weight is 458 g/mol. The summed E-state index contributed by atoms with van der Waals surface area (Å²) in [5, 5.41) is 9.65. The van der Waals surface area contributed by atoms with Gasteiger partial charge in [-0.1, -0.05) is 19.8 Å². The van der Waals surface area contributed by atoms with Crippen LogP contribution in [0.25, 0.3) is 0 Å². The molecule has 27 heavy (non-hydrogen) atoms. The van der Waals surface area contributed by atoms with Crippen molar-refractivity contribution in [2.45, 2.75) is 63.5 Å². The zero-order valence-electron chi connectivity index (χ0n) is 16.5. The van der Waals surface area contributed by atoms with E-state index in [1.165, 1.54) is 35.9 Å². The van der Waals surface area contributed by atoms with E-state index in [1.807, 2.05) is 11.8 Å². The molecule has 1 saturated heterocycles. The molecule has 2 rings (SSSR count). The van der Waals surface area contributed by atoms with E-state index in [4.69, 9.17) is 9.84 Å². The Balaban J connectivity index is 1.85. The van der Waals surface area contributed by atoms with Crippen LogP contribution in [0.15, 0.2) is 29.2 Å². The van der Waals surface area contributed by atoms with Crippen molar-refractivity contribution >= 4 is 32.2 Å². The van der Waals surface area contributed by atoms with Crippen molar-refractivity contribution in [3.63, 3.8) is 0 Å². The number of allylic oxidation sites excluding steroid dienone is 2. The average Bonchev–Trinajstić information content (AvgIpc) is 3.32. The molecule has 3 nitrogen and oxygen atoms in total. The van der Waals surface area contributed by atoms with Crippen molar-refractivity contribution in [1.82, 2.24) is 0 Å². The van der Waals surface area contributed by atoms with Gasteiger partial charge in [0.1, 0.15) is 0 Å². The van der Waals surface area contributed by atoms with Crippen LogP contribution in [0.4, 0.5) is 0 Å². The van der Waals surface area contributed by atoms with Crippen molar-refractivity contribution in [3.05, 3.63) is 33.7 Å². The molecule has 5 heteroatoms. The summed E-state index contributed by atoms with van der Waals surface area (Å²) in [4.78, 5) is 13.4.